The second-order valence-corrected chi connectivity index (χ2v) is 9.31. The maximum Gasteiger partial charge on any atom is 0.308 e. The number of aryl methyl sites for hydroxylation is 1. The first-order chi connectivity index (χ1) is 15.8. The molecular formula is C28H30N2O3. The standard InChI is InChI=1S/C28H30N2O3/c1-19(31)33-24-13-14-25-22(17-24)18-28(2,3)27(30-25)21-10-7-11-23(16-21)29-26(32)15-12-20-8-5-4-6-9-20/h4-11,13-14,16-17,27,30H,12,15,18H2,1-3H3,(H,29,32). The van der Waals surface area contributed by atoms with Crippen LogP contribution in [0.3, 0.4) is 0 Å². The van der Waals surface area contributed by atoms with Gasteiger partial charge in [-0.15, -0.1) is 0 Å². The molecule has 1 heterocycles. The maximum atomic E-state index is 12.5. The van der Waals surface area contributed by atoms with Crippen LogP contribution in [0, 0.1) is 5.41 Å². The minimum absolute atomic E-state index is 0.00946. The van der Waals surface area contributed by atoms with Crippen LogP contribution in [-0.2, 0) is 22.4 Å². The Morgan fingerprint density at radius 3 is 2.58 bits per heavy atom. The lowest BCUT2D eigenvalue weighted by Gasteiger charge is -2.41. The number of nitrogens with one attached hydrogen (secondary N) is 2. The highest BCUT2D eigenvalue weighted by Crippen LogP contribution is 2.45. The fourth-order valence-electron chi connectivity index (χ4n) is 4.49. The largest absolute Gasteiger partial charge is 0.427 e. The molecule has 1 aliphatic rings. The van der Waals surface area contributed by atoms with Crippen molar-refractivity contribution < 1.29 is 14.3 Å². The van der Waals surface area contributed by atoms with Crippen molar-refractivity contribution in [2.24, 2.45) is 5.41 Å². The van der Waals surface area contributed by atoms with E-state index in [0.717, 1.165) is 40.9 Å². The molecule has 5 nitrogen and oxygen atoms in total. The van der Waals surface area contributed by atoms with Gasteiger partial charge in [0.25, 0.3) is 0 Å². The third kappa shape index (κ3) is 5.61. The molecule has 0 saturated heterocycles. The number of ether oxygens (including phenoxy) is 1. The molecule has 0 radical (unpaired) electrons. The van der Waals surface area contributed by atoms with Crippen LogP contribution >= 0.6 is 0 Å². The molecule has 4 rings (SSSR count). The van der Waals surface area contributed by atoms with Crippen molar-refractivity contribution in [2.45, 2.75) is 46.1 Å². The van der Waals surface area contributed by atoms with E-state index in [1.807, 2.05) is 60.7 Å². The Bertz CT molecular complexity index is 1150. The maximum absolute atomic E-state index is 12.5. The van der Waals surface area contributed by atoms with Gasteiger partial charge in [0.1, 0.15) is 5.75 Å². The molecule has 1 aliphatic heterocycles. The quantitative estimate of drug-likeness (QED) is 0.367. The summed E-state index contributed by atoms with van der Waals surface area (Å²) in [5.41, 5.74) is 5.16. The molecule has 33 heavy (non-hydrogen) atoms. The fourth-order valence-corrected chi connectivity index (χ4v) is 4.49. The Morgan fingerprint density at radius 2 is 1.82 bits per heavy atom. The van der Waals surface area contributed by atoms with Crippen LogP contribution in [-0.4, -0.2) is 11.9 Å². The summed E-state index contributed by atoms with van der Waals surface area (Å²) < 4.78 is 5.25. The van der Waals surface area contributed by atoms with E-state index in [-0.39, 0.29) is 23.3 Å². The molecule has 1 unspecified atom stereocenters. The smallest absolute Gasteiger partial charge is 0.308 e. The molecule has 0 fully saturated rings. The van der Waals surface area contributed by atoms with E-state index in [9.17, 15) is 9.59 Å². The van der Waals surface area contributed by atoms with Crippen molar-refractivity contribution in [3.63, 3.8) is 0 Å². The summed E-state index contributed by atoms with van der Waals surface area (Å²) in [5.74, 6) is 0.256. The fraction of sp³-hybridized carbons (Fsp3) is 0.286. The van der Waals surface area contributed by atoms with Crippen molar-refractivity contribution in [3.05, 3.63) is 89.5 Å². The molecule has 2 N–H and O–H groups in total. The summed E-state index contributed by atoms with van der Waals surface area (Å²) in [6, 6.07) is 23.9. The first kappa shape index (κ1) is 22.6. The van der Waals surface area contributed by atoms with E-state index in [1.54, 1.807) is 0 Å². The predicted molar refractivity (Wildman–Crippen MR) is 131 cm³/mol. The predicted octanol–water partition coefficient (Wildman–Crippen LogP) is 5.92. The number of benzene rings is 3. The number of carbonyl (C=O) groups excluding carboxylic acids is 2. The Labute approximate surface area is 195 Å². The van der Waals surface area contributed by atoms with E-state index < -0.39 is 0 Å². The first-order valence-corrected chi connectivity index (χ1v) is 11.3. The van der Waals surface area contributed by atoms with Crippen molar-refractivity contribution in [1.82, 2.24) is 0 Å². The van der Waals surface area contributed by atoms with Crippen LogP contribution in [0.15, 0.2) is 72.8 Å². The van der Waals surface area contributed by atoms with E-state index in [2.05, 4.69) is 36.6 Å². The van der Waals surface area contributed by atoms with Gasteiger partial charge in [-0.2, -0.15) is 0 Å². The molecule has 0 aromatic heterocycles. The van der Waals surface area contributed by atoms with E-state index in [0.29, 0.717) is 12.2 Å². The Balaban J connectivity index is 1.47. The SMILES string of the molecule is CC(=O)Oc1ccc2c(c1)CC(C)(C)C(c1cccc(NC(=O)CCc3ccccc3)c1)N2. The second-order valence-electron chi connectivity index (χ2n) is 9.31. The molecular weight excluding hydrogens is 412 g/mol. The normalized spacial score (nSPS) is 16.3. The molecule has 3 aromatic carbocycles. The monoisotopic (exact) mass is 442 g/mol. The number of carbonyl (C=O) groups is 2. The number of amides is 1. The van der Waals surface area contributed by atoms with Gasteiger partial charge in [0, 0.05) is 24.7 Å². The number of esters is 1. The molecule has 0 spiro atoms. The summed E-state index contributed by atoms with van der Waals surface area (Å²) in [5, 5.41) is 6.71. The molecule has 0 bridgehead atoms. The number of hydrogen-bond acceptors (Lipinski definition) is 4. The van der Waals surface area contributed by atoms with Gasteiger partial charge in [-0.1, -0.05) is 56.3 Å². The molecule has 170 valence electrons. The molecule has 5 heteroatoms. The topological polar surface area (TPSA) is 67.4 Å². The van der Waals surface area contributed by atoms with E-state index in [4.69, 9.17) is 4.74 Å². The minimum atomic E-state index is -0.321. The Hall–Kier alpha value is -3.60. The highest BCUT2D eigenvalue weighted by molar-refractivity contribution is 5.91. The van der Waals surface area contributed by atoms with Crippen molar-refractivity contribution in [1.29, 1.82) is 0 Å². The summed E-state index contributed by atoms with van der Waals surface area (Å²) >= 11 is 0. The minimum Gasteiger partial charge on any atom is -0.427 e. The number of hydrogen-bond donors (Lipinski definition) is 2. The van der Waals surface area contributed by atoms with Gasteiger partial charge in [0.05, 0.1) is 6.04 Å². The third-order valence-corrected chi connectivity index (χ3v) is 6.05. The number of anilines is 2. The third-order valence-electron chi connectivity index (χ3n) is 6.05. The molecule has 1 atom stereocenters. The molecule has 0 saturated carbocycles. The highest BCUT2D eigenvalue weighted by atomic mass is 16.5. The van der Waals surface area contributed by atoms with Crippen LogP contribution in [0.5, 0.6) is 5.75 Å². The van der Waals surface area contributed by atoms with Crippen LogP contribution in [0.4, 0.5) is 11.4 Å². The van der Waals surface area contributed by atoms with Crippen molar-refractivity contribution >= 4 is 23.3 Å². The highest BCUT2D eigenvalue weighted by Gasteiger charge is 2.36. The zero-order valence-corrected chi connectivity index (χ0v) is 19.4. The van der Waals surface area contributed by atoms with E-state index >= 15 is 0 Å². The summed E-state index contributed by atoms with van der Waals surface area (Å²) in [4.78, 5) is 23.8. The average molecular weight is 443 g/mol. The lowest BCUT2D eigenvalue weighted by Crippen LogP contribution is -2.35. The van der Waals surface area contributed by atoms with Gasteiger partial charge >= 0.3 is 5.97 Å². The van der Waals surface area contributed by atoms with Crippen LogP contribution in [0.25, 0.3) is 0 Å². The van der Waals surface area contributed by atoms with E-state index in [1.165, 1.54) is 6.92 Å². The number of rotatable bonds is 6. The van der Waals surface area contributed by atoms with Crippen LogP contribution < -0.4 is 15.4 Å². The Kier molecular flexibility index (Phi) is 6.50. The van der Waals surface area contributed by atoms with Crippen LogP contribution in [0.2, 0.25) is 0 Å². The van der Waals surface area contributed by atoms with Gasteiger partial charge in [-0.3, -0.25) is 9.59 Å². The molecule has 0 aliphatic carbocycles. The lowest BCUT2D eigenvalue weighted by atomic mass is 9.73. The van der Waals surface area contributed by atoms with Gasteiger partial charge in [0.15, 0.2) is 0 Å². The van der Waals surface area contributed by atoms with Crippen molar-refractivity contribution in [3.8, 4) is 5.75 Å². The second kappa shape index (κ2) is 9.49. The number of fused-ring (bicyclic) bond motifs is 1. The molecule has 1 amide bonds. The van der Waals surface area contributed by atoms with Gasteiger partial charge in [-0.05, 0) is 65.3 Å². The summed E-state index contributed by atoms with van der Waals surface area (Å²) in [6.45, 7) is 5.85. The summed E-state index contributed by atoms with van der Waals surface area (Å²) in [6.07, 6.45) is 2.00. The van der Waals surface area contributed by atoms with Gasteiger partial charge in [0.2, 0.25) is 5.91 Å². The van der Waals surface area contributed by atoms with Crippen LogP contribution in [0.1, 0.15) is 49.9 Å². The zero-order chi connectivity index (χ0) is 23.4. The zero-order valence-electron chi connectivity index (χ0n) is 19.4. The average Bonchev–Trinajstić information content (AvgIpc) is 2.77. The Morgan fingerprint density at radius 1 is 1.03 bits per heavy atom. The van der Waals surface area contributed by atoms with Crippen molar-refractivity contribution in [2.75, 3.05) is 10.6 Å². The van der Waals surface area contributed by atoms with Gasteiger partial charge in [-0.25, -0.2) is 0 Å². The molecule has 3 aromatic rings. The lowest BCUT2D eigenvalue weighted by molar-refractivity contribution is -0.131. The first-order valence-electron chi connectivity index (χ1n) is 11.3. The summed E-state index contributed by atoms with van der Waals surface area (Å²) in [7, 11) is 0. The van der Waals surface area contributed by atoms with Gasteiger partial charge < -0.3 is 15.4 Å².